The molecule has 2 aromatic carbocycles. The van der Waals surface area contributed by atoms with Gasteiger partial charge in [-0.05, 0) is 42.5 Å². The highest BCUT2D eigenvalue weighted by Gasteiger charge is 2.24. The molecule has 1 saturated heterocycles. The fourth-order valence-corrected chi connectivity index (χ4v) is 3.60. The lowest BCUT2D eigenvalue weighted by molar-refractivity contribution is 0.0907. The Hall–Kier alpha value is -1.67. The van der Waals surface area contributed by atoms with Crippen molar-refractivity contribution in [3.8, 4) is 0 Å². The molecule has 1 heterocycles. The number of nitrogens with zero attached hydrogens (tertiary/aromatic N) is 2. The fraction of sp³-hybridized carbons (Fsp3) is 0.435. The van der Waals surface area contributed by atoms with E-state index in [0.717, 1.165) is 57.0 Å². The molecule has 1 atom stereocenters. The monoisotopic (exact) mass is 511 g/mol. The molecular weight excluding hydrogens is 480 g/mol. The number of guanidine groups is 1. The molecule has 3 rings (SSSR count). The number of nitrogens with one attached hydrogen (secondary N) is 1. The van der Waals surface area contributed by atoms with Crippen molar-refractivity contribution in [3.05, 3.63) is 71.5 Å². The van der Waals surface area contributed by atoms with Crippen LogP contribution >= 0.6 is 24.0 Å². The van der Waals surface area contributed by atoms with Crippen LogP contribution in [0.2, 0.25) is 0 Å². The van der Waals surface area contributed by atoms with Crippen molar-refractivity contribution in [2.45, 2.75) is 25.9 Å². The van der Waals surface area contributed by atoms with Gasteiger partial charge < -0.3 is 15.0 Å². The number of rotatable bonds is 8. The van der Waals surface area contributed by atoms with Gasteiger partial charge in [0.25, 0.3) is 0 Å². The number of likely N-dealkylation sites (tertiary alicyclic amines) is 1. The predicted molar refractivity (Wildman–Crippen MR) is 127 cm³/mol. The molecule has 6 heteroatoms. The zero-order chi connectivity index (χ0) is 19.6. The predicted octanol–water partition coefficient (Wildman–Crippen LogP) is 4.49. The molecule has 1 fully saturated rings. The highest BCUT2D eigenvalue weighted by molar-refractivity contribution is 14.0. The number of aryl methyl sites for hydroxylation is 1. The maximum Gasteiger partial charge on any atom is 0.193 e. The highest BCUT2D eigenvalue weighted by atomic mass is 127. The van der Waals surface area contributed by atoms with Crippen LogP contribution < -0.4 is 5.32 Å². The Morgan fingerprint density at radius 3 is 2.72 bits per heavy atom. The minimum atomic E-state index is -0.168. The normalized spacial score (nSPS) is 16.6. The molecule has 158 valence electrons. The summed E-state index contributed by atoms with van der Waals surface area (Å²) in [6.45, 7) is 4.25. The van der Waals surface area contributed by atoms with Gasteiger partial charge in [-0.15, -0.1) is 24.0 Å². The SMILES string of the molecule is CN=C(NCCCc1cccc(F)c1)N1CCC(COCc2ccccc2)C1.I. The zero-order valence-electron chi connectivity index (χ0n) is 17.0. The molecule has 0 amide bonds. The van der Waals surface area contributed by atoms with E-state index in [1.807, 2.05) is 31.3 Å². The van der Waals surface area contributed by atoms with Crippen LogP contribution in [-0.2, 0) is 17.8 Å². The van der Waals surface area contributed by atoms with Gasteiger partial charge in [0.05, 0.1) is 13.2 Å². The van der Waals surface area contributed by atoms with Crippen LogP contribution in [0.3, 0.4) is 0 Å². The second-order valence-corrected chi connectivity index (χ2v) is 7.31. The van der Waals surface area contributed by atoms with Crippen LogP contribution in [0.4, 0.5) is 4.39 Å². The van der Waals surface area contributed by atoms with Crippen LogP contribution in [-0.4, -0.2) is 44.1 Å². The van der Waals surface area contributed by atoms with E-state index in [-0.39, 0.29) is 29.8 Å². The smallest absolute Gasteiger partial charge is 0.193 e. The van der Waals surface area contributed by atoms with E-state index in [2.05, 4.69) is 27.3 Å². The Kier molecular flexibility index (Phi) is 10.4. The van der Waals surface area contributed by atoms with Crippen molar-refractivity contribution in [1.29, 1.82) is 0 Å². The molecule has 1 N–H and O–H groups in total. The number of hydrogen-bond acceptors (Lipinski definition) is 2. The van der Waals surface area contributed by atoms with Crippen LogP contribution in [0.15, 0.2) is 59.6 Å². The number of halogens is 2. The summed E-state index contributed by atoms with van der Waals surface area (Å²) in [7, 11) is 1.83. The van der Waals surface area contributed by atoms with Crippen molar-refractivity contribution >= 4 is 29.9 Å². The molecule has 0 saturated carbocycles. The Balaban J connectivity index is 0.00000300. The van der Waals surface area contributed by atoms with Crippen LogP contribution in [0.25, 0.3) is 0 Å². The van der Waals surface area contributed by atoms with Gasteiger partial charge in [-0.3, -0.25) is 4.99 Å². The summed E-state index contributed by atoms with van der Waals surface area (Å²) >= 11 is 0. The standard InChI is InChI=1S/C23H30FN3O.HI/c1-25-23(26-13-6-10-19-9-5-11-22(24)15-19)27-14-12-21(16-27)18-28-17-20-7-3-2-4-8-20;/h2-5,7-9,11,15,21H,6,10,12-14,16-18H2,1H3,(H,25,26);1H. The third kappa shape index (κ3) is 7.93. The summed E-state index contributed by atoms with van der Waals surface area (Å²) in [6.07, 6.45) is 2.93. The van der Waals surface area contributed by atoms with E-state index in [0.29, 0.717) is 12.5 Å². The number of ether oxygens (including phenoxy) is 1. The molecule has 4 nitrogen and oxygen atoms in total. The summed E-state index contributed by atoms with van der Waals surface area (Å²) in [6, 6.07) is 17.1. The lowest BCUT2D eigenvalue weighted by Gasteiger charge is -2.21. The molecular formula is C23H31FIN3O. The molecule has 0 radical (unpaired) electrons. The van der Waals surface area contributed by atoms with Crippen LogP contribution in [0, 0.1) is 11.7 Å². The summed E-state index contributed by atoms with van der Waals surface area (Å²) in [5.74, 6) is 1.32. The third-order valence-corrected chi connectivity index (χ3v) is 5.08. The minimum Gasteiger partial charge on any atom is -0.376 e. The van der Waals surface area contributed by atoms with E-state index < -0.39 is 0 Å². The van der Waals surface area contributed by atoms with E-state index in [1.54, 1.807) is 12.1 Å². The van der Waals surface area contributed by atoms with Crippen molar-refractivity contribution in [3.63, 3.8) is 0 Å². The number of benzene rings is 2. The first kappa shape index (κ1) is 23.6. The molecule has 29 heavy (non-hydrogen) atoms. The van der Waals surface area contributed by atoms with E-state index in [9.17, 15) is 4.39 Å². The van der Waals surface area contributed by atoms with Crippen molar-refractivity contribution in [1.82, 2.24) is 10.2 Å². The van der Waals surface area contributed by atoms with E-state index >= 15 is 0 Å². The molecule has 0 spiro atoms. The molecule has 0 aliphatic carbocycles. The van der Waals surface area contributed by atoms with Crippen molar-refractivity contribution in [2.24, 2.45) is 10.9 Å². The maximum absolute atomic E-state index is 13.2. The molecule has 1 unspecified atom stereocenters. The summed E-state index contributed by atoms with van der Waals surface area (Å²) in [5.41, 5.74) is 2.25. The first-order valence-corrected chi connectivity index (χ1v) is 10.1. The summed E-state index contributed by atoms with van der Waals surface area (Å²) in [4.78, 5) is 6.73. The molecule has 1 aliphatic rings. The van der Waals surface area contributed by atoms with Gasteiger partial charge in [0, 0.05) is 32.6 Å². The molecule has 0 bridgehead atoms. The van der Waals surface area contributed by atoms with Gasteiger partial charge >= 0.3 is 0 Å². The summed E-state index contributed by atoms with van der Waals surface area (Å²) < 4.78 is 19.1. The minimum absolute atomic E-state index is 0. The second-order valence-electron chi connectivity index (χ2n) is 7.31. The largest absolute Gasteiger partial charge is 0.376 e. The Bertz CT molecular complexity index is 757. The Labute approximate surface area is 190 Å². The molecule has 0 aromatic heterocycles. The first-order chi connectivity index (χ1) is 13.7. The van der Waals surface area contributed by atoms with Gasteiger partial charge in [-0.1, -0.05) is 42.5 Å². The van der Waals surface area contributed by atoms with Gasteiger partial charge in [-0.25, -0.2) is 4.39 Å². The zero-order valence-corrected chi connectivity index (χ0v) is 19.3. The lowest BCUT2D eigenvalue weighted by atomic mass is 10.1. The maximum atomic E-state index is 13.2. The number of aliphatic imine (C=N–C) groups is 1. The average molecular weight is 511 g/mol. The van der Waals surface area contributed by atoms with E-state index in [1.165, 1.54) is 11.6 Å². The lowest BCUT2D eigenvalue weighted by Crippen LogP contribution is -2.40. The van der Waals surface area contributed by atoms with Gasteiger partial charge in [-0.2, -0.15) is 0 Å². The first-order valence-electron chi connectivity index (χ1n) is 10.1. The summed E-state index contributed by atoms with van der Waals surface area (Å²) in [5, 5.41) is 3.44. The van der Waals surface area contributed by atoms with Crippen LogP contribution in [0.1, 0.15) is 24.0 Å². The number of hydrogen-bond donors (Lipinski definition) is 1. The fourth-order valence-electron chi connectivity index (χ4n) is 3.60. The average Bonchev–Trinajstić information content (AvgIpc) is 3.17. The van der Waals surface area contributed by atoms with Gasteiger partial charge in [0.1, 0.15) is 5.82 Å². The Morgan fingerprint density at radius 1 is 1.17 bits per heavy atom. The molecule has 2 aromatic rings. The van der Waals surface area contributed by atoms with Gasteiger partial charge in [0.2, 0.25) is 0 Å². The highest BCUT2D eigenvalue weighted by Crippen LogP contribution is 2.17. The van der Waals surface area contributed by atoms with Crippen molar-refractivity contribution in [2.75, 3.05) is 33.3 Å². The van der Waals surface area contributed by atoms with Crippen molar-refractivity contribution < 1.29 is 9.13 Å². The van der Waals surface area contributed by atoms with Crippen LogP contribution in [0.5, 0.6) is 0 Å². The Morgan fingerprint density at radius 2 is 1.97 bits per heavy atom. The quantitative estimate of drug-likeness (QED) is 0.246. The van der Waals surface area contributed by atoms with E-state index in [4.69, 9.17) is 4.74 Å². The molecule has 1 aliphatic heterocycles. The topological polar surface area (TPSA) is 36.9 Å². The third-order valence-electron chi connectivity index (χ3n) is 5.08. The second kappa shape index (κ2) is 12.8. The van der Waals surface area contributed by atoms with Gasteiger partial charge in [0.15, 0.2) is 5.96 Å².